The zero-order chi connectivity index (χ0) is 10.2. The number of phenolic OH excluding ortho intramolecular Hbond substituents is 1. The molecule has 1 aromatic carbocycles. The number of benzene rings is 1. The number of rotatable bonds is 1. The van der Waals surface area contributed by atoms with Gasteiger partial charge in [0.25, 0.3) is 0 Å². The van der Waals surface area contributed by atoms with Crippen LogP contribution in [-0.4, -0.2) is 17.8 Å². The van der Waals surface area contributed by atoms with Crippen LogP contribution in [0, 0.1) is 0 Å². The third-order valence-corrected chi connectivity index (χ3v) is 2.98. The number of nitrogens with one attached hydrogen (secondary N) is 1. The van der Waals surface area contributed by atoms with E-state index in [0.717, 1.165) is 5.56 Å². The fraction of sp³-hybridized carbons (Fsp3) is 0.455. The van der Waals surface area contributed by atoms with Crippen molar-refractivity contribution in [2.45, 2.75) is 25.1 Å². The van der Waals surface area contributed by atoms with E-state index in [4.69, 9.17) is 5.11 Å². The molecule has 1 saturated heterocycles. The molecule has 0 radical (unpaired) electrons. The smallest absolute Gasteiger partial charge is 0.123 e. The van der Waals surface area contributed by atoms with Crippen LogP contribution in [0.2, 0.25) is 0 Å². The molecule has 0 spiro atoms. The topological polar surface area (TPSA) is 32.3 Å². The second-order valence-electron chi connectivity index (χ2n) is 3.93. The average Bonchev–Trinajstić information content (AvgIpc) is 2.49. The molecule has 1 fully saturated rings. The maximum atomic E-state index is 13.6. The highest BCUT2D eigenvalue weighted by Gasteiger charge is 2.40. The Morgan fingerprint density at radius 2 is 2.07 bits per heavy atom. The lowest BCUT2D eigenvalue weighted by molar-refractivity contribution is 0.220. The largest absolute Gasteiger partial charge is 0.508 e. The molecule has 0 bridgehead atoms. The molecule has 14 heavy (non-hydrogen) atoms. The van der Waals surface area contributed by atoms with Gasteiger partial charge in [-0.05, 0) is 37.6 Å². The Hall–Kier alpha value is -1.09. The minimum atomic E-state index is -0.855. The fourth-order valence-electron chi connectivity index (χ4n) is 1.95. The summed E-state index contributed by atoms with van der Waals surface area (Å²) in [6.45, 7) is 2.57. The van der Waals surface area contributed by atoms with Crippen molar-refractivity contribution in [1.82, 2.24) is 5.32 Å². The Balaban J connectivity index is 2.34. The van der Waals surface area contributed by atoms with Gasteiger partial charge in [-0.15, -0.1) is 0 Å². The molecule has 3 heteroatoms. The first-order valence-electron chi connectivity index (χ1n) is 4.81. The number of halogens is 1. The molecule has 2 N–H and O–H groups in total. The first kappa shape index (κ1) is 9.46. The first-order chi connectivity index (χ1) is 6.63. The quantitative estimate of drug-likeness (QED) is 0.717. The van der Waals surface area contributed by atoms with Gasteiger partial charge in [0.1, 0.15) is 11.9 Å². The molecule has 1 aliphatic heterocycles. The molecule has 1 heterocycles. The van der Waals surface area contributed by atoms with Gasteiger partial charge in [0.2, 0.25) is 0 Å². The van der Waals surface area contributed by atoms with Gasteiger partial charge < -0.3 is 10.4 Å². The second kappa shape index (κ2) is 3.24. The Morgan fingerprint density at radius 1 is 1.43 bits per heavy atom. The molecule has 2 unspecified atom stereocenters. The van der Waals surface area contributed by atoms with Crippen molar-refractivity contribution in [1.29, 1.82) is 0 Å². The number of phenols is 1. The Kier molecular flexibility index (Phi) is 2.19. The van der Waals surface area contributed by atoms with Gasteiger partial charge in [0.15, 0.2) is 0 Å². The fourth-order valence-corrected chi connectivity index (χ4v) is 1.95. The summed E-state index contributed by atoms with van der Waals surface area (Å²) < 4.78 is 13.6. The molecule has 0 amide bonds. The van der Waals surface area contributed by atoms with E-state index in [1.165, 1.54) is 0 Å². The summed E-state index contributed by atoms with van der Waals surface area (Å²) in [7, 11) is 0. The van der Waals surface area contributed by atoms with Crippen molar-refractivity contribution in [3.05, 3.63) is 29.8 Å². The van der Waals surface area contributed by atoms with E-state index in [9.17, 15) is 4.39 Å². The van der Waals surface area contributed by atoms with Crippen LogP contribution >= 0.6 is 0 Å². The van der Waals surface area contributed by atoms with E-state index in [1.807, 2.05) is 6.92 Å². The van der Waals surface area contributed by atoms with Crippen LogP contribution in [0.25, 0.3) is 0 Å². The van der Waals surface area contributed by atoms with Crippen LogP contribution in [0.15, 0.2) is 24.3 Å². The van der Waals surface area contributed by atoms with Crippen molar-refractivity contribution >= 4 is 0 Å². The van der Waals surface area contributed by atoms with Crippen LogP contribution in [0.1, 0.15) is 18.9 Å². The van der Waals surface area contributed by atoms with Crippen molar-refractivity contribution < 1.29 is 9.50 Å². The minimum Gasteiger partial charge on any atom is -0.508 e. The standard InChI is InChI=1S/C11H14FNO/c1-11(10(12)6-7-13-11)8-2-4-9(14)5-3-8/h2-5,10,13-14H,6-7H2,1H3. The zero-order valence-electron chi connectivity index (χ0n) is 8.13. The van der Waals surface area contributed by atoms with Crippen LogP contribution in [-0.2, 0) is 5.54 Å². The molecule has 76 valence electrons. The van der Waals surface area contributed by atoms with E-state index in [2.05, 4.69) is 5.32 Å². The Morgan fingerprint density at radius 3 is 2.57 bits per heavy atom. The summed E-state index contributed by atoms with van der Waals surface area (Å²) in [5.74, 6) is 0.214. The summed E-state index contributed by atoms with van der Waals surface area (Å²) >= 11 is 0. The molecule has 2 atom stereocenters. The first-order valence-corrected chi connectivity index (χ1v) is 4.81. The molecule has 2 nitrogen and oxygen atoms in total. The van der Waals surface area contributed by atoms with E-state index in [1.54, 1.807) is 24.3 Å². The van der Waals surface area contributed by atoms with Gasteiger partial charge in [-0.3, -0.25) is 0 Å². The Labute approximate surface area is 82.8 Å². The summed E-state index contributed by atoms with van der Waals surface area (Å²) in [5.41, 5.74) is 0.300. The third-order valence-electron chi connectivity index (χ3n) is 2.98. The van der Waals surface area contributed by atoms with Crippen LogP contribution in [0.4, 0.5) is 4.39 Å². The number of hydrogen-bond acceptors (Lipinski definition) is 2. The number of alkyl halides is 1. The SMILES string of the molecule is CC1(c2ccc(O)cc2)NCCC1F. The van der Waals surface area contributed by atoms with E-state index >= 15 is 0 Å². The van der Waals surface area contributed by atoms with Gasteiger partial charge in [-0.1, -0.05) is 12.1 Å². The predicted molar refractivity (Wildman–Crippen MR) is 53.0 cm³/mol. The van der Waals surface area contributed by atoms with Crippen LogP contribution in [0.5, 0.6) is 5.75 Å². The highest BCUT2D eigenvalue weighted by Crippen LogP contribution is 2.33. The summed E-state index contributed by atoms with van der Waals surface area (Å²) in [4.78, 5) is 0. The number of aromatic hydroxyl groups is 1. The molecular weight excluding hydrogens is 181 g/mol. The van der Waals surface area contributed by atoms with Crippen molar-refractivity contribution in [3.63, 3.8) is 0 Å². The lowest BCUT2D eigenvalue weighted by Crippen LogP contribution is -2.39. The highest BCUT2D eigenvalue weighted by molar-refractivity contribution is 5.32. The molecule has 0 aromatic heterocycles. The predicted octanol–water partition coefficient (Wildman–Crippen LogP) is 1.94. The molecular formula is C11H14FNO. The highest BCUT2D eigenvalue weighted by atomic mass is 19.1. The average molecular weight is 195 g/mol. The Bertz CT molecular complexity index is 325. The zero-order valence-corrected chi connectivity index (χ0v) is 8.13. The molecule has 2 rings (SSSR count). The molecule has 0 aliphatic carbocycles. The summed E-state index contributed by atoms with van der Waals surface area (Å²) in [6, 6.07) is 6.71. The third kappa shape index (κ3) is 1.38. The minimum absolute atomic E-state index is 0.214. The maximum Gasteiger partial charge on any atom is 0.123 e. The molecule has 0 saturated carbocycles. The van der Waals surface area contributed by atoms with Gasteiger partial charge in [-0.25, -0.2) is 4.39 Å². The molecule has 1 aromatic rings. The van der Waals surface area contributed by atoms with Gasteiger partial charge in [0.05, 0.1) is 5.54 Å². The number of hydrogen-bond donors (Lipinski definition) is 2. The monoisotopic (exact) mass is 195 g/mol. The normalized spacial score (nSPS) is 32.0. The van der Waals surface area contributed by atoms with Gasteiger partial charge >= 0.3 is 0 Å². The van der Waals surface area contributed by atoms with Crippen molar-refractivity contribution in [3.8, 4) is 5.75 Å². The lowest BCUT2D eigenvalue weighted by atomic mass is 9.89. The van der Waals surface area contributed by atoms with E-state index < -0.39 is 11.7 Å². The van der Waals surface area contributed by atoms with Crippen molar-refractivity contribution in [2.75, 3.05) is 6.54 Å². The van der Waals surface area contributed by atoms with E-state index in [0.29, 0.717) is 13.0 Å². The van der Waals surface area contributed by atoms with Crippen LogP contribution < -0.4 is 5.32 Å². The maximum absolute atomic E-state index is 13.6. The summed E-state index contributed by atoms with van der Waals surface area (Å²) in [6.07, 6.45) is -0.302. The van der Waals surface area contributed by atoms with E-state index in [-0.39, 0.29) is 5.75 Å². The second-order valence-corrected chi connectivity index (χ2v) is 3.93. The van der Waals surface area contributed by atoms with Crippen molar-refractivity contribution in [2.24, 2.45) is 0 Å². The lowest BCUT2D eigenvalue weighted by Gasteiger charge is -2.27. The van der Waals surface area contributed by atoms with Gasteiger partial charge in [-0.2, -0.15) is 0 Å². The summed E-state index contributed by atoms with van der Waals surface area (Å²) in [5, 5.41) is 12.3. The molecule has 1 aliphatic rings. The van der Waals surface area contributed by atoms with Gasteiger partial charge in [0, 0.05) is 0 Å². The van der Waals surface area contributed by atoms with Crippen LogP contribution in [0.3, 0.4) is 0 Å².